The minimum absolute atomic E-state index is 0.0496. The lowest BCUT2D eigenvalue weighted by Gasteiger charge is -2.18. The molecule has 1 fully saturated rings. The second-order valence-corrected chi connectivity index (χ2v) is 4.85. The van der Waals surface area contributed by atoms with Crippen molar-refractivity contribution in [3.63, 3.8) is 0 Å². The van der Waals surface area contributed by atoms with E-state index in [4.69, 9.17) is 10.5 Å². The van der Waals surface area contributed by atoms with Crippen LogP contribution in [-0.4, -0.2) is 42.7 Å². The monoisotopic (exact) mass is 232 g/mol. The number of carbonyl (C=O) groups is 1. The molecule has 1 heterocycles. The summed E-state index contributed by atoms with van der Waals surface area (Å²) in [4.78, 5) is 11.6. The number of hydrogen-bond acceptors (Lipinski definition) is 4. The molecular weight excluding hydrogens is 212 g/mol. The lowest BCUT2D eigenvalue weighted by atomic mass is 10.1. The van der Waals surface area contributed by atoms with E-state index in [-0.39, 0.29) is 24.1 Å². The van der Waals surface area contributed by atoms with Gasteiger partial charge in [-0.15, -0.1) is 0 Å². The molecule has 1 saturated heterocycles. The number of amides is 1. The molecule has 1 amide bonds. The van der Waals surface area contributed by atoms with Crippen LogP contribution in [0.2, 0.25) is 0 Å². The molecule has 5 heteroatoms. The van der Waals surface area contributed by atoms with Crippen LogP contribution in [-0.2, 0) is 9.53 Å². The van der Waals surface area contributed by atoms with Crippen LogP contribution < -0.4 is 11.1 Å². The third-order valence-electron chi connectivity index (χ3n) is 2.67. The maximum atomic E-state index is 11.6. The Balaban J connectivity index is 2.27. The van der Waals surface area contributed by atoms with Crippen LogP contribution in [0.25, 0.3) is 0 Å². The van der Waals surface area contributed by atoms with Crippen LogP contribution in [0.15, 0.2) is 0 Å². The summed E-state index contributed by atoms with van der Waals surface area (Å²) in [5.74, 6) is 0.872. The van der Waals surface area contributed by atoms with E-state index in [0.29, 0.717) is 0 Å². The van der Waals surface area contributed by atoms with Gasteiger partial charge < -0.3 is 15.8 Å². The van der Waals surface area contributed by atoms with Gasteiger partial charge in [-0.05, 0) is 31.8 Å². The summed E-state index contributed by atoms with van der Waals surface area (Å²) < 4.78 is 5.37. The van der Waals surface area contributed by atoms with Crippen LogP contribution in [0.4, 0.5) is 0 Å². The second-order valence-electron chi connectivity index (χ2n) is 3.87. The van der Waals surface area contributed by atoms with Crippen LogP contribution >= 0.6 is 11.8 Å². The zero-order chi connectivity index (χ0) is 11.3. The van der Waals surface area contributed by atoms with E-state index >= 15 is 0 Å². The van der Waals surface area contributed by atoms with Crippen molar-refractivity contribution in [3.8, 4) is 0 Å². The third kappa shape index (κ3) is 4.01. The number of nitrogens with one attached hydrogen (secondary N) is 1. The Bertz CT molecular complexity index is 214. The molecule has 3 N–H and O–H groups in total. The summed E-state index contributed by atoms with van der Waals surface area (Å²) in [6.45, 7) is 2.71. The molecule has 1 aliphatic heterocycles. The molecule has 2 unspecified atom stereocenters. The minimum Gasteiger partial charge on any atom is -0.376 e. The highest BCUT2D eigenvalue weighted by molar-refractivity contribution is 7.98. The minimum atomic E-state index is -0.384. The zero-order valence-electron chi connectivity index (χ0n) is 9.36. The summed E-state index contributed by atoms with van der Waals surface area (Å²) in [6.07, 6.45) is 3.75. The fraction of sp³-hybridized carbons (Fsp3) is 0.900. The molecule has 0 aromatic carbocycles. The smallest absolute Gasteiger partial charge is 0.237 e. The van der Waals surface area contributed by atoms with Gasteiger partial charge in [-0.3, -0.25) is 4.79 Å². The van der Waals surface area contributed by atoms with Crippen molar-refractivity contribution in [1.29, 1.82) is 0 Å². The Morgan fingerprint density at radius 1 is 1.73 bits per heavy atom. The summed E-state index contributed by atoms with van der Waals surface area (Å²) in [5.41, 5.74) is 5.76. The van der Waals surface area contributed by atoms with Crippen molar-refractivity contribution < 1.29 is 9.53 Å². The van der Waals surface area contributed by atoms with E-state index in [2.05, 4.69) is 5.32 Å². The fourth-order valence-electron chi connectivity index (χ4n) is 1.59. The zero-order valence-corrected chi connectivity index (χ0v) is 10.2. The van der Waals surface area contributed by atoms with E-state index < -0.39 is 0 Å². The molecule has 0 aromatic rings. The van der Waals surface area contributed by atoms with Crippen molar-refractivity contribution in [2.45, 2.75) is 38.0 Å². The Morgan fingerprint density at radius 2 is 2.47 bits per heavy atom. The molecule has 0 radical (unpaired) electrons. The molecule has 0 spiro atoms. The first-order valence-electron chi connectivity index (χ1n) is 5.31. The third-order valence-corrected chi connectivity index (χ3v) is 3.32. The Kier molecular flexibility index (Phi) is 5.42. The van der Waals surface area contributed by atoms with Gasteiger partial charge in [0.1, 0.15) is 0 Å². The SMILES string of the molecule is CSCC[C@@H](N)C(=O)NC1CCOC1C. The molecule has 0 aromatic heterocycles. The van der Waals surface area contributed by atoms with E-state index in [0.717, 1.165) is 25.2 Å². The molecule has 3 atom stereocenters. The molecule has 15 heavy (non-hydrogen) atoms. The van der Waals surface area contributed by atoms with Crippen molar-refractivity contribution in [2.75, 3.05) is 18.6 Å². The van der Waals surface area contributed by atoms with Gasteiger partial charge in [-0.25, -0.2) is 0 Å². The Labute approximate surface area is 95.3 Å². The quantitative estimate of drug-likeness (QED) is 0.718. The largest absolute Gasteiger partial charge is 0.376 e. The molecule has 1 aliphatic rings. The van der Waals surface area contributed by atoms with Gasteiger partial charge in [0, 0.05) is 6.61 Å². The van der Waals surface area contributed by atoms with Crippen LogP contribution in [0.5, 0.6) is 0 Å². The lowest BCUT2D eigenvalue weighted by molar-refractivity contribution is -0.123. The van der Waals surface area contributed by atoms with Gasteiger partial charge in [-0.2, -0.15) is 11.8 Å². The first kappa shape index (κ1) is 12.8. The van der Waals surface area contributed by atoms with Crippen molar-refractivity contribution in [2.24, 2.45) is 5.73 Å². The van der Waals surface area contributed by atoms with E-state index in [1.165, 1.54) is 0 Å². The summed E-state index contributed by atoms with van der Waals surface area (Å²) in [5, 5.41) is 2.94. The number of rotatable bonds is 5. The van der Waals surface area contributed by atoms with Crippen LogP contribution in [0, 0.1) is 0 Å². The lowest BCUT2D eigenvalue weighted by Crippen LogP contribution is -2.47. The van der Waals surface area contributed by atoms with Gasteiger partial charge in [-0.1, -0.05) is 0 Å². The van der Waals surface area contributed by atoms with E-state index in [1.54, 1.807) is 11.8 Å². The van der Waals surface area contributed by atoms with Crippen molar-refractivity contribution in [1.82, 2.24) is 5.32 Å². The Morgan fingerprint density at radius 3 is 3.00 bits per heavy atom. The highest BCUT2D eigenvalue weighted by Gasteiger charge is 2.27. The molecule has 0 bridgehead atoms. The van der Waals surface area contributed by atoms with E-state index in [9.17, 15) is 4.79 Å². The number of ether oxygens (including phenoxy) is 1. The van der Waals surface area contributed by atoms with E-state index in [1.807, 2.05) is 13.2 Å². The molecule has 1 rings (SSSR count). The molecule has 4 nitrogen and oxygen atoms in total. The highest BCUT2D eigenvalue weighted by atomic mass is 32.2. The van der Waals surface area contributed by atoms with Gasteiger partial charge in [0.05, 0.1) is 18.2 Å². The number of hydrogen-bond donors (Lipinski definition) is 2. The van der Waals surface area contributed by atoms with Crippen LogP contribution in [0.3, 0.4) is 0 Å². The number of carbonyl (C=O) groups excluding carboxylic acids is 1. The van der Waals surface area contributed by atoms with Gasteiger partial charge in [0.25, 0.3) is 0 Å². The maximum absolute atomic E-state index is 11.6. The maximum Gasteiger partial charge on any atom is 0.237 e. The van der Waals surface area contributed by atoms with Crippen LogP contribution in [0.1, 0.15) is 19.8 Å². The fourth-order valence-corrected chi connectivity index (χ4v) is 2.08. The molecule has 0 aliphatic carbocycles. The normalized spacial score (nSPS) is 27.7. The van der Waals surface area contributed by atoms with Gasteiger partial charge in [0.15, 0.2) is 0 Å². The predicted octanol–water partition coefficient (Wildman–Crippen LogP) is 0.360. The summed E-state index contributed by atoms with van der Waals surface area (Å²) in [7, 11) is 0. The van der Waals surface area contributed by atoms with Crippen molar-refractivity contribution >= 4 is 17.7 Å². The molecule has 0 saturated carbocycles. The predicted molar refractivity (Wildman–Crippen MR) is 62.9 cm³/mol. The molecular formula is C10H20N2O2S. The first-order chi connectivity index (χ1) is 7.15. The highest BCUT2D eigenvalue weighted by Crippen LogP contribution is 2.12. The summed E-state index contributed by atoms with van der Waals surface area (Å²) in [6, 6.07) is -0.247. The van der Waals surface area contributed by atoms with Crippen molar-refractivity contribution in [3.05, 3.63) is 0 Å². The second kappa shape index (κ2) is 6.35. The standard InChI is InChI=1S/C10H20N2O2S/c1-7-9(3-5-14-7)12-10(13)8(11)4-6-15-2/h7-9H,3-6,11H2,1-2H3,(H,12,13)/t7?,8-,9?/m1/s1. The number of thioether (sulfide) groups is 1. The first-order valence-corrected chi connectivity index (χ1v) is 6.71. The average Bonchev–Trinajstić information content (AvgIpc) is 2.61. The number of nitrogens with two attached hydrogens (primary N) is 1. The van der Waals surface area contributed by atoms with Gasteiger partial charge in [0.2, 0.25) is 5.91 Å². The average molecular weight is 232 g/mol. The topological polar surface area (TPSA) is 64.4 Å². The molecule has 88 valence electrons. The summed E-state index contributed by atoms with van der Waals surface area (Å²) >= 11 is 1.71. The Hall–Kier alpha value is -0.260. The van der Waals surface area contributed by atoms with Gasteiger partial charge >= 0.3 is 0 Å².